The summed E-state index contributed by atoms with van der Waals surface area (Å²) in [5.41, 5.74) is 6.44. The standard InChI is InChI=1S/C6H8N2.C2H6.H2/c1-5-3-2-4-8-6(5)7;1-2;/h2-4H,1H3,(H2,7,8);1-2H3;1H. The average molecular weight is 140 g/mol. The summed E-state index contributed by atoms with van der Waals surface area (Å²) >= 11 is 0. The van der Waals surface area contributed by atoms with Crippen LogP contribution in [0.25, 0.3) is 0 Å². The highest BCUT2D eigenvalue weighted by Crippen LogP contribution is 2.01. The maximum absolute atomic E-state index is 5.41. The van der Waals surface area contributed by atoms with Gasteiger partial charge in [-0.3, -0.25) is 0 Å². The molecule has 1 aromatic rings. The van der Waals surface area contributed by atoms with Gasteiger partial charge in [0.2, 0.25) is 0 Å². The summed E-state index contributed by atoms with van der Waals surface area (Å²) in [6.07, 6.45) is 1.68. The Morgan fingerprint density at radius 3 is 2.40 bits per heavy atom. The number of rotatable bonds is 0. The van der Waals surface area contributed by atoms with Gasteiger partial charge in [-0.1, -0.05) is 19.9 Å². The van der Waals surface area contributed by atoms with E-state index in [1.165, 1.54) is 0 Å². The molecule has 0 bridgehead atoms. The predicted octanol–water partition coefficient (Wildman–Crippen LogP) is 2.24. The molecule has 0 saturated heterocycles. The molecule has 2 nitrogen and oxygen atoms in total. The number of aromatic nitrogens is 1. The van der Waals surface area contributed by atoms with Gasteiger partial charge in [-0.15, -0.1) is 0 Å². The smallest absolute Gasteiger partial charge is 0.126 e. The Balaban J connectivity index is 0. The number of anilines is 1. The molecule has 0 unspecified atom stereocenters. The van der Waals surface area contributed by atoms with E-state index >= 15 is 0 Å². The molecular weight excluding hydrogens is 124 g/mol. The van der Waals surface area contributed by atoms with Gasteiger partial charge in [0.05, 0.1) is 0 Å². The van der Waals surface area contributed by atoms with E-state index in [1.807, 2.05) is 32.9 Å². The first-order valence-corrected chi connectivity index (χ1v) is 3.48. The number of hydrogen-bond acceptors (Lipinski definition) is 2. The molecule has 0 atom stereocenters. The minimum absolute atomic E-state index is 0. The van der Waals surface area contributed by atoms with Gasteiger partial charge >= 0.3 is 0 Å². The highest BCUT2D eigenvalue weighted by molar-refractivity contribution is 5.36. The molecule has 1 rings (SSSR count). The van der Waals surface area contributed by atoms with Crippen LogP contribution < -0.4 is 5.73 Å². The lowest BCUT2D eigenvalue weighted by molar-refractivity contribution is 1.28. The lowest BCUT2D eigenvalue weighted by Crippen LogP contribution is -1.90. The Morgan fingerprint density at radius 1 is 1.50 bits per heavy atom. The van der Waals surface area contributed by atoms with Crippen LogP contribution in [0.15, 0.2) is 18.3 Å². The predicted molar refractivity (Wildman–Crippen MR) is 46.8 cm³/mol. The van der Waals surface area contributed by atoms with Crippen molar-refractivity contribution in [3.63, 3.8) is 0 Å². The van der Waals surface area contributed by atoms with E-state index in [0.29, 0.717) is 5.82 Å². The molecule has 0 aliphatic carbocycles. The van der Waals surface area contributed by atoms with Gasteiger partial charge in [-0.25, -0.2) is 4.98 Å². The fourth-order valence-corrected chi connectivity index (χ4v) is 0.498. The van der Waals surface area contributed by atoms with E-state index in [2.05, 4.69) is 4.98 Å². The first-order valence-electron chi connectivity index (χ1n) is 3.48. The Labute approximate surface area is 63.6 Å². The van der Waals surface area contributed by atoms with Crippen molar-refractivity contribution in [2.45, 2.75) is 20.8 Å². The summed E-state index contributed by atoms with van der Waals surface area (Å²) in [7, 11) is 0. The van der Waals surface area contributed by atoms with Gasteiger partial charge in [0.1, 0.15) is 5.82 Å². The molecule has 0 radical (unpaired) electrons. The molecule has 1 heterocycles. The van der Waals surface area contributed by atoms with Gasteiger partial charge in [-0.05, 0) is 18.6 Å². The van der Waals surface area contributed by atoms with Crippen molar-refractivity contribution < 1.29 is 1.43 Å². The van der Waals surface area contributed by atoms with E-state index in [1.54, 1.807) is 6.20 Å². The number of pyridine rings is 1. The lowest BCUT2D eigenvalue weighted by atomic mass is 10.3. The topological polar surface area (TPSA) is 38.9 Å². The molecule has 0 amide bonds. The summed E-state index contributed by atoms with van der Waals surface area (Å²) in [5, 5.41) is 0. The molecule has 10 heavy (non-hydrogen) atoms. The minimum atomic E-state index is 0. The first kappa shape index (κ1) is 8.95. The quantitative estimate of drug-likeness (QED) is 0.600. The second-order valence-electron chi connectivity index (χ2n) is 1.71. The van der Waals surface area contributed by atoms with E-state index in [0.717, 1.165) is 5.56 Å². The number of nitrogens with zero attached hydrogens (tertiary/aromatic N) is 1. The zero-order chi connectivity index (χ0) is 7.98. The molecule has 0 spiro atoms. The SMILES string of the molecule is CC.Cc1cccnc1N.[HH]. The van der Waals surface area contributed by atoms with Crippen LogP contribution in [-0.2, 0) is 0 Å². The maximum atomic E-state index is 5.41. The average Bonchev–Trinajstić information content (AvgIpc) is 2.00. The van der Waals surface area contributed by atoms with Crippen molar-refractivity contribution in [1.29, 1.82) is 0 Å². The van der Waals surface area contributed by atoms with E-state index in [9.17, 15) is 0 Å². The van der Waals surface area contributed by atoms with Crippen molar-refractivity contribution in [2.24, 2.45) is 0 Å². The molecular formula is C8H16N2. The van der Waals surface area contributed by atoms with Gasteiger partial charge in [-0.2, -0.15) is 0 Å². The Morgan fingerprint density at radius 2 is 2.10 bits per heavy atom. The van der Waals surface area contributed by atoms with Crippen LogP contribution in [0, 0.1) is 6.92 Å². The molecule has 2 heteroatoms. The van der Waals surface area contributed by atoms with Crippen molar-refractivity contribution >= 4 is 5.82 Å². The zero-order valence-electron chi connectivity index (χ0n) is 6.76. The number of nitrogen functional groups attached to an aromatic ring is 1. The number of aryl methyl sites for hydroxylation is 1. The largest absolute Gasteiger partial charge is 0.383 e. The molecule has 58 valence electrons. The van der Waals surface area contributed by atoms with Gasteiger partial charge in [0, 0.05) is 7.62 Å². The summed E-state index contributed by atoms with van der Waals surface area (Å²) in [5.74, 6) is 0.618. The van der Waals surface area contributed by atoms with Crippen LogP contribution in [0.5, 0.6) is 0 Å². The zero-order valence-corrected chi connectivity index (χ0v) is 6.76. The Hall–Kier alpha value is -1.05. The lowest BCUT2D eigenvalue weighted by Gasteiger charge is -1.92. The van der Waals surface area contributed by atoms with Crippen LogP contribution in [0.4, 0.5) is 5.82 Å². The fourth-order valence-electron chi connectivity index (χ4n) is 0.498. The van der Waals surface area contributed by atoms with Gasteiger partial charge in [0.15, 0.2) is 0 Å². The Bertz CT molecular complexity index is 168. The van der Waals surface area contributed by atoms with E-state index in [4.69, 9.17) is 5.73 Å². The minimum Gasteiger partial charge on any atom is -0.383 e. The normalized spacial score (nSPS) is 7.90. The molecule has 1 aromatic heterocycles. The fraction of sp³-hybridized carbons (Fsp3) is 0.375. The third kappa shape index (κ3) is 2.49. The molecule has 2 N–H and O–H groups in total. The van der Waals surface area contributed by atoms with Crippen molar-refractivity contribution in [3.8, 4) is 0 Å². The third-order valence-electron chi connectivity index (χ3n) is 1.05. The Kier molecular flexibility index (Phi) is 4.29. The molecule has 0 aliphatic heterocycles. The van der Waals surface area contributed by atoms with Gasteiger partial charge in [0.25, 0.3) is 0 Å². The first-order chi connectivity index (χ1) is 4.80. The highest BCUT2D eigenvalue weighted by Gasteiger charge is 1.86. The molecule has 0 aliphatic rings. The van der Waals surface area contributed by atoms with Crippen LogP contribution >= 0.6 is 0 Å². The third-order valence-corrected chi connectivity index (χ3v) is 1.05. The second kappa shape index (κ2) is 4.79. The summed E-state index contributed by atoms with van der Waals surface area (Å²) in [6, 6.07) is 3.80. The van der Waals surface area contributed by atoms with Crippen LogP contribution in [0.3, 0.4) is 0 Å². The van der Waals surface area contributed by atoms with Crippen molar-refractivity contribution in [1.82, 2.24) is 4.98 Å². The van der Waals surface area contributed by atoms with Crippen LogP contribution in [0.2, 0.25) is 0 Å². The highest BCUT2D eigenvalue weighted by atomic mass is 14.8. The molecule has 0 fully saturated rings. The summed E-state index contributed by atoms with van der Waals surface area (Å²) < 4.78 is 0. The van der Waals surface area contributed by atoms with E-state index < -0.39 is 0 Å². The second-order valence-corrected chi connectivity index (χ2v) is 1.71. The number of nitrogens with two attached hydrogens (primary N) is 1. The number of hydrogen-bond donors (Lipinski definition) is 1. The van der Waals surface area contributed by atoms with Gasteiger partial charge < -0.3 is 5.73 Å². The molecule has 0 aromatic carbocycles. The van der Waals surface area contributed by atoms with Crippen molar-refractivity contribution in [3.05, 3.63) is 23.9 Å². The maximum Gasteiger partial charge on any atom is 0.126 e. The van der Waals surface area contributed by atoms with Crippen molar-refractivity contribution in [2.75, 3.05) is 5.73 Å². The monoisotopic (exact) mass is 140 g/mol. The van der Waals surface area contributed by atoms with E-state index in [-0.39, 0.29) is 1.43 Å². The molecule has 0 saturated carbocycles. The van der Waals surface area contributed by atoms with Crippen LogP contribution in [-0.4, -0.2) is 4.98 Å². The summed E-state index contributed by atoms with van der Waals surface area (Å²) in [6.45, 7) is 5.93. The van der Waals surface area contributed by atoms with Crippen LogP contribution in [0.1, 0.15) is 20.8 Å². The summed E-state index contributed by atoms with van der Waals surface area (Å²) in [4.78, 5) is 3.86.